The van der Waals surface area contributed by atoms with E-state index in [9.17, 15) is 4.39 Å². The Labute approximate surface area is 108 Å². The molecule has 0 heterocycles. The Morgan fingerprint density at radius 1 is 1.62 bits per heavy atom. The van der Waals surface area contributed by atoms with Crippen LogP contribution in [0.1, 0.15) is 12.5 Å². The summed E-state index contributed by atoms with van der Waals surface area (Å²) in [6.07, 6.45) is 0.631. The predicted molar refractivity (Wildman–Crippen MR) is 72.4 cm³/mol. The Morgan fingerprint density at radius 2 is 2.31 bits per heavy atom. The van der Waals surface area contributed by atoms with Crippen LogP contribution in [0.2, 0.25) is 0 Å². The van der Waals surface area contributed by atoms with Crippen molar-refractivity contribution in [2.75, 3.05) is 7.05 Å². The highest BCUT2D eigenvalue weighted by Gasteiger charge is 2.10. The normalized spacial score (nSPS) is 13.9. The van der Waals surface area contributed by atoms with Crippen LogP contribution in [0.3, 0.4) is 0 Å². The van der Waals surface area contributed by atoms with E-state index in [0.717, 1.165) is 4.47 Å². The summed E-state index contributed by atoms with van der Waals surface area (Å²) in [7, 11) is 1.65. The van der Waals surface area contributed by atoms with Gasteiger partial charge in [-0.15, -0.1) is 0 Å². The molecule has 5 heteroatoms. The van der Waals surface area contributed by atoms with Crippen molar-refractivity contribution in [1.29, 1.82) is 0 Å². The molecule has 88 valence electrons. The molecule has 1 aromatic rings. The fourth-order valence-corrected chi connectivity index (χ4v) is 2.50. The maximum Gasteiger partial charge on any atom is 0.153 e. The Hall–Kier alpha value is -0.550. The molecule has 0 aliphatic heterocycles. The lowest BCUT2D eigenvalue weighted by atomic mass is 10.1. The van der Waals surface area contributed by atoms with Gasteiger partial charge in [-0.1, -0.05) is 34.6 Å². The second-order valence-corrected chi connectivity index (χ2v) is 5.80. The van der Waals surface area contributed by atoms with Crippen molar-refractivity contribution in [1.82, 2.24) is 0 Å². The zero-order valence-corrected chi connectivity index (χ0v) is 11.6. The van der Waals surface area contributed by atoms with Gasteiger partial charge in [-0.25, -0.2) is 4.39 Å². The second kappa shape index (κ2) is 6.25. The van der Waals surface area contributed by atoms with Gasteiger partial charge in [-0.2, -0.15) is 0 Å². The SMILES string of the molecule is CN=C(N)SC(C)Cc1cc(Br)ccc1F. The molecule has 1 rings (SSSR count). The van der Waals surface area contributed by atoms with Crippen molar-refractivity contribution in [2.45, 2.75) is 18.6 Å². The average molecular weight is 305 g/mol. The highest BCUT2D eigenvalue weighted by Crippen LogP contribution is 2.21. The number of halogens is 2. The highest BCUT2D eigenvalue weighted by molar-refractivity contribution is 9.10. The van der Waals surface area contributed by atoms with Crippen molar-refractivity contribution in [3.63, 3.8) is 0 Å². The van der Waals surface area contributed by atoms with E-state index in [-0.39, 0.29) is 11.1 Å². The minimum absolute atomic E-state index is 0.178. The van der Waals surface area contributed by atoms with Crippen molar-refractivity contribution < 1.29 is 4.39 Å². The highest BCUT2D eigenvalue weighted by atomic mass is 79.9. The fraction of sp³-hybridized carbons (Fsp3) is 0.364. The third kappa shape index (κ3) is 4.14. The summed E-state index contributed by atoms with van der Waals surface area (Å²) in [6.45, 7) is 2.00. The lowest BCUT2D eigenvalue weighted by Crippen LogP contribution is -2.13. The summed E-state index contributed by atoms with van der Waals surface area (Å²) in [6, 6.07) is 4.96. The maximum absolute atomic E-state index is 13.5. The van der Waals surface area contributed by atoms with Crippen molar-refractivity contribution in [3.05, 3.63) is 34.1 Å². The molecule has 1 aromatic carbocycles. The van der Waals surface area contributed by atoms with Crippen molar-refractivity contribution in [2.24, 2.45) is 10.7 Å². The number of nitrogens with two attached hydrogens (primary N) is 1. The first-order chi connectivity index (χ1) is 7.52. The number of benzene rings is 1. The molecule has 1 unspecified atom stereocenters. The second-order valence-electron chi connectivity index (χ2n) is 3.43. The largest absolute Gasteiger partial charge is 0.379 e. The van der Waals surface area contributed by atoms with Crippen LogP contribution in [-0.2, 0) is 6.42 Å². The molecule has 0 bridgehead atoms. The average Bonchev–Trinajstić information content (AvgIpc) is 2.23. The molecule has 2 nitrogen and oxygen atoms in total. The quantitative estimate of drug-likeness (QED) is 0.688. The van der Waals surface area contributed by atoms with Gasteiger partial charge in [-0.3, -0.25) is 4.99 Å². The van der Waals surface area contributed by atoms with Gasteiger partial charge in [0.1, 0.15) is 5.82 Å². The smallest absolute Gasteiger partial charge is 0.153 e. The van der Waals surface area contributed by atoms with Crippen LogP contribution in [0.25, 0.3) is 0 Å². The number of rotatable bonds is 3. The van der Waals surface area contributed by atoms with E-state index in [1.807, 2.05) is 6.92 Å². The molecule has 0 amide bonds. The third-order valence-electron chi connectivity index (χ3n) is 2.06. The fourth-order valence-electron chi connectivity index (χ4n) is 1.31. The van der Waals surface area contributed by atoms with E-state index in [1.54, 1.807) is 19.2 Å². The minimum Gasteiger partial charge on any atom is -0.379 e. The van der Waals surface area contributed by atoms with Gasteiger partial charge in [0, 0.05) is 16.8 Å². The standard InChI is InChI=1S/C11H14BrFN2S/c1-7(16-11(14)15-2)5-8-6-9(12)3-4-10(8)13/h3-4,6-7H,5H2,1-2H3,(H2,14,15). The molecule has 0 spiro atoms. The number of hydrogen-bond acceptors (Lipinski definition) is 2. The van der Waals surface area contributed by atoms with E-state index in [0.29, 0.717) is 17.2 Å². The zero-order valence-electron chi connectivity index (χ0n) is 9.21. The van der Waals surface area contributed by atoms with Gasteiger partial charge in [0.05, 0.1) is 0 Å². The topological polar surface area (TPSA) is 38.4 Å². The molecule has 0 saturated heterocycles. The molecule has 0 fully saturated rings. The Morgan fingerprint density at radius 3 is 2.94 bits per heavy atom. The van der Waals surface area contributed by atoms with Gasteiger partial charge in [-0.05, 0) is 30.2 Å². The summed E-state index contributed by atoms with van der Waals surface area (Å²) >= 11 is 4.78. The van der Waals surface area contributed by atoms with Crippen LogP contribution in [0.15, 0.2) is 27.7 Å². The maximum atomic E-state index is 13.5. The molecule has 2 N–H and O–H groups in total. The summed E-state index contributed by atoms with van der Waals surface area (Å²) in [4.78, 5) is 3.86. The number of thioether (sulfide) groups is 1. The Kier molecular flexibility index (Phi) is 5.28. The first-order valence-electron chi connectivity index (χ1n) is 4.85. The molecule has 0 aliphatic rings. The lowest BCUT2D eigenvalue weighted by Gasteiger charge is -2.11. The summed E-state index contributed by atoms with van der Waals surface area (Å²) in [5.74, 6) is -0.178. The zero-order chi connectivity index (χ0) is 12.1. The first-order valence-corrected chi connectivity index (χ1v) is 6.53. The molecule has 0 aliphatic carbocycles. The summed E-state index contributed by atoms with van der Waals surface area (Å²) in [5.41, 5.74) is 6.30. The van der Waals surface area contributed by atoms with Crippen LogP contribution >= 0.6 is 27.7 Å². The van der Waals surface area contributed by atoms with Crippen molar-refractivity contribution in [3.8, 4) is 0 Å². The Bertz CT molecular complexity index is 396. The molecule has 0 aromatic heterocycles. The van der Waals surface area contributed by atoms with Crippen molar-refractivity contribution >= 4 is 32.9 Å². The van der Waals surface area contributed by atoms with Crippen LogP contribution < -0.4 is 5.73 Å². The molecule has 0 saturated carbocycles. The van der Waals surface area contributed by atoms with Gasteiger partial charge in [0.2, 0.25) is 0 Å². The molecule has 1 atom stereocenters. The molecular weight excluding hydrogens is 291 g/mol. The van der Waals surface area contributed by atoms with Gasteiger partial charge in [0.15, 0.2) is 5.17 Å². The molecule has 16 heavy (non-hydrogen) atoms. The van der Waals surface area contributed by atoms with E-state index in [4.69, 9.17) is 5.73 Å². The van der Waals surface area contributed by atoms with Gasteiger partial charge >= 0.3 is 0 Å². The minimum atomic E-state index is -0.178. The summed E-state index contributed by atoms with van der Waals surface area (Å²) < 4.78 is 14.3. The lowest BCUT2D eigenvalue weighted by molar-refractivity contribution is 0.608. The van der Waals surface area contributed by atoms with Gasteiger partial charge < -0.3 is 5.73 Å². The Balaban J connectivity index is 2.69. The monoisotopic (exact) mass is 304 g/mol. The van der Waals surface area contributed by atoms with E-state index in [1.165, 1.54) is 17.8 Å². The van der Waals surface area contributed by atoms with Gasteiger partial charge in [0.25, 0.3) is 0 Å². The van der Waals surface area contributed by atoms with E-state index >= 15 is 0 Å². The predicted octanol–water partition coefficient (Wildman–Crippen LogP) is 3.20. The van der Waals surface area contributed by atoms with Crippen LogP contribution in [0.5, 0.6) is 0 Å². The number of aliphatic imine (C=N–C) groups is 1. The first kappa shape index (κ1) is 13.5. The van der Waals surface area contributed by atoms with E-state index in [2.05, 4.69) is 20.9 Å². The van der Waals surface area contributed by atoms with Crippen LogP contribution in [0.4, 0.5) is 4.39 Å². The van der Waals surface area contributed by atoms with Crippen LogP contribution in [0, 0.1) is 5.82 Å². The summed E-state index contributed by atoms with van der Waals surface area (Å²) in [5, 5.41) is 0.732. The molecule has 0 radical (unpaired) electrons. The third-order valence-corrected chi connectivity index (χ3v) is 3.54. The molecular formula is C11H14BrFN2S. The van der Waals surface area contributed by atoms with Crippen LogP contribution in [-0.4, -0.2) is 17.5 Å². The van der Waals surface area contributed by atoms with E-state index < -0.39 is 0 Å². The number of amidine groups is 1. The number of nitrogens with zero attached hydrogens (tertiary/aromatic N) is 1. The number of hydrogen-bond donors (Lipinski definition) is 1.